The molecule has 1 aromatic rings. The van der Waals surface area contributed by atoms with Gasteiger partial charge in [0.1, 0.15) is 0 Å². The predicted molar refractivity (Wildman–Crippen MR) is 57.8 cm³/mol. The number of amides is 1. The van der Waals surface area contributed by atoms with E-state index in [0.29, 0.717) is 11.3 Å². The standard InChI is InChI=1S/C12H12N2O/c1-12(2)10-6-5-8(13-3)7-9(10)11(15)14(12)4/h5-7H,1-2,4H3. The van der Waals surface area contributed by atoms with E-state index in [9.17, 15) is 4.79 Å². The van der Waals surface area contributed by atoms with Crippen molar-refractivity contribution >= 4 is 11.6 Å². The second-order valence-corrected chi connectivity index (χ2v) is 4.26. The van der Waals surface area contributed by atoms with Crippen molar-refractivity contribution in [1.82, 2.24) is 4.90 Å². The Kier molecular flexibility index (Phi) is 1.84. The first-order chi connectivity index (χ1) is 6.98. The molecule has 0 fully saturated rings. The van der Waals surface area contributed by atoms with Crippen LogP contribution in [0.4, 0.5) is 5.69 Å². The van der Waals surface area contributed by atoms with Gasteiger partial charge < -0.3 is 4.90 Å². The quantitative estimate of drug-likeness (QED) is 0.591. The zero-order valence-corrected chi connectivity index (χ0v) is 9.03. The van der Waals surface area contributed by atoms with E-state index in [0.717, 1.165) is 5.56 Å². The second kappa shape index (κ2) is 2.83. The van der Waals surface area contributed by atoms with Crippen molar-refractivity contribution in [3.8, 4) is 0 Å². The van der Waals surface area contributed by atoms with Crippen molar-refractivity contribution in [2.45, 2.75) is 19.4 Å². The van der Waals surface area contributed by atoms with Crippen LogP contribution >= 0.6 is 0 Å². The van der Waals surface area contributed by atoms with Crippen LogP contribution < -0.4 is 0 Å². The molecule has 0 N–H and O–H groups in total. The smallest absolute Gasteiger partial charge is 0.253 e. The lowest BCUT2D eigenvalue weighted by Crippen LogP contribution is -2.35. The van der Waals surface area contributed by atoms with Crippen LogP contribution in [0.25, 0.3) is 4.85 Å². The Hall–Kier alpha value is -1.82. The van der Waals surface area contributed by atoms with Crippen molar-refractivity contribution in [3.05, 3.63) is 40.7 Å². The molecule has 3 heteroatoms. The van der Waals surface area contributed by atoms with Crippen LogP contribution in [0.2, 0.25) is 0 Å². The summed E-state index contributed by atoms with van der Waals surface area (Å²) in [7, 11) is 1.79. The van der Waals surface area contributed by atoms with E-state index in [1.807, 2.05) is 19.9 Å². The summed E-state index contributed by atoms with van der Waals surface area (Å²) in [5, 5.41) is 0. The van der Waals surface area contributed by atoms with E-state index in [1.165, 1.54) is 0 Å². The molecule has 1 aliphatic heterocycles. The minimum Gasteiger partial charge on any atom is -0.333 e. The van der Waals surface area contributed by atoms with Crippen LogP contribution in [-0.4, -0.2) is 17.9 Å². The van der Waals surface area contributed by atoms with Gasteiger partial charge in [-0.1, -0.05) is 12.1 Å². The number of hydrogen-bond acceptors (Lipinski definition) is 1. The van der Waals surface area contributed by atoms with Gasteiger partial charge in [0.05, 0.1) is 12.1 Å². The van der Waals surface area contributed by atoms with Crippen LogP contribution in [0, 0.1) is 6.57 Å². The van der Waals surface area contributed by atoms with Crippen LogP contribution in [0.3, 0.4) is 0 Å². The summed E-state index contributed by atoms with van der Waals surface area (Å²) in [6.45, 7) is 10.9. The summed E-state index contributed by atoms with van der Waals surface area (Å²) in [6, 6.07) is 5.32. The molecule has 0 saturated carbocycles. The third kappa shape index (κ3) is 1.15. The first-order valence-corrected chi connectivity index (χ1v) is 4.78. The van der Waals surface area contributed by atoms with E-state index in [1.54, 1.807) is 24.1 Å². The van der Waals surface area contributed by atoms with E-state index in [-0.39, 0.29) is 11.4 Å². The molecule has 0 spiro atoms. The highest BCUT2D eigenvalue weighted by atomic mass is 16.2. The molecule has 76 valence electrons. The Morgan fingerprint density at radius 3 is 2.67 bits per heavy atom. The van der Waals surface area contributed by atoms with Crippen molar-refractivity contribution < 1.29 is 4.79 Å². The van der Waals surface area contributed by atoms with Crippen LogP contribution in [0.5, 0.6) is 0 Å². The lowest BCUT2D eigenvalue weighted by Gasteiger charge is -2.28. The average Bonchev–Trinajstić information content (AvgIpc) is 2.40. The lowest BCUT2D eigenvalue weighted by molar-refractivity contribution is 0.0691. The minimum absolute atomic E-state index is 0.000463. The largest absolute Gasteiger partial charge is 0.333 e. The fourth-order valence-corrected chi connectivity index (χ4v) is 1.93. The third-order valence-corrected chi connectivity index (χ3v) is 3.16. The van der Waals surface area contributed by atoms with Gasteiger partial charge in [-0.3, -0.25) is 4.79 Å². The molecule has 0 radical (unpaired) electrons. The molecule has 0 aliphatic carbocycles. The van der Waals surface area contributed by atoms with Gasteiger partial charge in [0, 0.05) is 12.6 Å². The topological polar surface area (TPSA) is 24.7 Å². The molecule has 2 rings (SSSR count). The van der Waals surface area contributed by atoms with Gasteiger partial charge in [-0.25, -0.2) is 4.85 Å². The highest BCUT2D eigenvalue weighted by Crippen LogP contribution is 2.38. The molecule has 1 heterocycles. The first kappa shape index (κ1) is 9.72. The Morgan fingerprint density at radius 1 is 1.40 bits per heavy atom. The number of nitrogens with zero attached hydrogens (tertiary/aromatic N) is 2. The van der Waals surface area contributed by atoms with Crippen molar-refractivity contribution in [3.63, 3.8) is 0 Å². The van der Waals surface area contributed by atoms with Gasteiger partial charge in [-0.05, 0) is 25.5 Å². The molecule has 15 heavy (non-hydrogen) atoms. The summed E-state index contributed by atoms with van der Waals surface area (Å²) >= 11 is 0. The van der Waals surface area contributed by atoms with E-state index in [2.05, 4.69) is 4.85 Å². The average molecular weight is 200 g/mol. The van der Waals surface area contributed by atoms with Gasteiger partial charge >= 0.3 is 0 Å². The molecule has 3 nitrogen and oxygen atoms in total. The van der Waals surface area contributed by atoms with E-state index in [4.69, 9.17) is 6.57 Å². The van der Waals surface area contributed by atoms with Crippen molar-refractivity contribution in [2.24, 2.45) is 0 Å². The predicted octanol–water partition coefficient (Wildman–Crippen LogP) is 2.56. The molecule has 1 aromatic carbocycles. The zero-order valence-electron chi connectivity index (χ0n) is 9.03. The van der Waals surface area contributed by atoms with Gasteiger partial charge in [0.15, 0.2) is 5.69 Å². The molecular weight excluding hydrogens is 188 g/mol. The first-order valence-electron chi connectivity index (χ1n) is 4.78. The fourth-order valence-electron chi connectivity index (χ4n) is 1.93. The number of fused-ring (bicyclic) bond motifs is 1. The summed E-state index contributed by atoms with van der Waals surface area (Å²) in [5.41, 5.74) is 1.92. The number of carbonyl (C=O) groups is 1. The lowest BCUT2D eigenvalue weighted by atomic mass is 9.94. The highest BCUT2D eigenvalue weighted by molar-refractivity contribution is 6.00. The SMILES string of the molecule is [C-]#[N+]c1ccc2c(c1)C(=O)N(C)C2(C)C. The number of hydrogen-bond donors (Lipinski definition) is 0. The number of benzene rings is 1. The van der Waals surface area contributed by atoms with Crippen LogP contribution in [0.15, 0.2) is 18.2 Å². The third-order valence-electron chi connectivity index (χ3n) is 3.16. The summed E-state index contributed by atoms with van der Waals surface area (Å²) in [6.07, 6.45) is 0. The Bertz CT molecular complexity index is 483. The minimum atomic E-state index is -0.271. The highest BCUT2D eigenvalue weighted by Gasteiger charge is 2.40. The van der Waals surface area contributed by atoms with Gasteiger partial charge in [0.25, 0.3) is 5.91 Å². The Labute approximate surface area is 89.1 Å². The van der Waals surface area contributed by atoms with Crippen LogP contribution in [-0.2, 0) is 5.54 Å². The molecule has 1 amide bonds. The van der Waals surface area contributed by atoms with Gasteiger partial charge in [-0.15, -0.1) is 0 Å². The van der Waals surface area contributed by atoms with Crippen molar-refractivity contribution in [1.29, 1.82) is 0 Å². The van der Waals surface area contributed by atoms with Crippen LogP contribution in [0.1, 0.15) is 29.8 Å². The molecule has 1 aliphatic rings. The summed E-state index contributed by atoms with van der Waals surface area (Å²) in [5.74, 6) is 0.000463. The molecule has 0 bridgehead atoms. The maximum Gasteiger partial charge on any atom is 0.253 e. The summed E-state index contributed by atoms with van der Waals surface area (Å²) in [4.78, 5) is 17.0. The monoisotopic (exact) mass is 200 g/mol. The number of carbonyl (C=O) groups excluding carboxylic acids is 1. The maximum absolute atomic E-state index is 11.9. The normalized spacial score (nSPS) is 17.5. The molecule has 0 aromatic heterocycles. The molecular formula is C12H12N2O. The summed E-state index contributed by atoms with van der Waals surface area (Å²) < 4.78 is 0. The van der Waals surface area contributed by atoms with E-state index < -0.39 is 0 Å². The maximum atomic E-state index is 11.9. The second-order valence-electron chi connectivity index (χ2n) is 4.26. The Balaban J connectivity index is 2.68. The Morgan fingerprint density at radius 2 is 2.07 bits per heavy atom. The number of rotatable bonds is 0. The van der Waals surface area contributed by atoms with Gasteiger partial charge in [0.2, 0.25) is 0 Å². The zero-order chi connectivity index (χ0) is 11.2. The van der Waals surface area contributed by atoms with E-state index >= 15 is 0 Å². The molecule has 0 saturated heterocycles. The van der Waals surface area contributed by atoms with Gasteiger partial charge in [-0.2, -0.15) is 0 Å². The molecule has 0 atom stereocenters. The molecule has 0 unspecified atom stereocenters. The fraction of sp³-hybridized carbons (Fsp3) is 0.333. The van der Waals surface area contributed by atoms with Crippen molar-refractivity contribution in [2.75, 3.05) is 7.05 Å².